The average molecular weight is 492 g/mol. The number of hydrogen-bond acceptors (Lipinski definition) is 0. The molecular formula is C26H20Br2. The average Bonchev–Trinajstić information content (AvgIpc) is 2.73. The molecule has 0 amide bonds. The third-order valence-corrected chi connectivity index (χ3v) is 5.44. The zero-order valence-corrected chi connectivity index (χ0v) is 18.5. The van der Waals surface area contributed by atoms with Crippen LogP contribution in [0.1, 0.15) is 22.3 Å². The topological polar surface area (TPSA) is 0 Å². The van der Waals surface area contributed by atoms with Gasteiger partial charge >= 0.3 is 0 Å². The Hall–Kier alpha value is -2.42. The van der Waals surface area contributed by atoms with E-state index in [4.69, 9.17) is 0 Å². The van der Waals surface area contributed by atoms with Gasteiger partial charge in [0.15, 0.2) is 0 Å². The zero-order valence-electron chi connectivity index (χ0n) is 15.3. The number of allylic oxidation sites excluding steroid dienone is 4. The smallest absolute Gasteiger partial charge is 0.0254 e. The summed E-state index contributed by atoms with van der Waals surface area (Å²) in [7, 11) is 0. The number of rotatable bonds is 6. The Morgan fingerprint density at radius 2 is 0.821 bits per heavy atom. The van der Waals surface area contributed by atoms with Crippen LogP contribution < -0.4 is 0 Å². The van der Waals surface area contributed by atoms with Crippen molar-refractivity contribution in [1.82, 2.24) is 0 Å². The predicted octanol–water partition coefficient (Wildman–Crippen LogP) is 8.66. The first-order valence-electron chi connectivity index (χ1n) is 9.01. The van der Waals surface area contributed by atoms with Gasteiger partial charge in [-0.05, 0) is 34.4 Å². The van der Waals surface area contributed by atoms with Crippen molar-refractivity contribution in [3.8, 4) is 0 Å². The second-order valence-electron chi connectivity index (χ2n) is 6.15. The first-order chi connectivity index (χ1) is 13.7. The van der Waals surface area contributed by atoms with E-state index in [2.05, 4.69) is 117 Å². The lowest BCUT2D eigenvalue weighted by Gasteiger charge is -2.04. The van der Waals surface area contributed by atoms with Crippen LogP contribution in [0, 0.1) is 0 Å². The quantitative estimate of drug-likeness (QED) is 0.302. The Morgan fingerprint density at radius 1 is 0.464 bits per heavy atom. The van der Waals surface area contributed by atoms with Gasteiger partial charge in [0.25, 0.3) is 0 Å². The van der Waals surface area contributed by atoms with Gasteiger partial charge in [0.1, 0.15) is 0 Å². The molecule has 0 unspecified atom stereocenters. The molecule has 28 heavy (non-hydrogen) atoms. The molecule has 0 atom stereocenters. The summed E-state index contributed by atoms with van der Waals surface area (Å²) >= 11 is 7.35. The fourth-order valence-electron chi connectivity index (χ4n) is 2.61. The van der Waals surface area contributed by atoms with Crippen LogP contribution in [0.5, 0.6) is 0 Å². The Bertz CT molecular complexity index is 926. The van der Waals surface area contributed by atoms with E-state index in [1.165, 1.54) is 11.1 Å². The SMILES string of the molecule is Brc1cc(/C=C/C=C/c2ccccc2)c(Br)cc1/C=C/C=C/c1ccccc1. The van der Waals surface area contributed by atoms with Crippen molar-refractivity contribution in [2.75, 3.05) is 0 Å². The van der Waals surface area contributed by atoms with E-state index in [0.29, 0.717) is 0 Å². The van der Waals surface area contributed by atoms with Gasteiger partial charge in [-0.15, -0.1) is 0 Å². The maximum atomic E-state index is 3.68. The third-order valence-electron chi connectivity index (χ3n) is 4.07. The minimum absolute atomic E-state index is 1.06. The summed E-state index contributed by atoms with van der Waals surface area (Å²) in [5.41, 5.74) is 4.64. The van der Waals surface area contributed by atoms with E-state index in [0.717, 1.165) is 20.1 Å². The van der Waals surface area contributed by atoms with E-state index in [9.17, 15) is 0 Å². The summed E-state index contributed by atoms with van der Waals surface area (Å²) in [5.74, 6) is 0. The summed E-state index contributed by atoms with van der Waals surface area (Å²) in [4.78, 5) is 0. The second kappa shape index (κ2) is 10.8. The first-order valence-corrected chi connectivity index (χ1v) is 10.6. The molecule has 0 fully saturated rings. The standard InChI is InChI=1S/C26H20Br2/c27-25-20-24(18-10-8-16-22-13-5-2-6-14-22)26(28)19-23(25)17-9-7-15-21-11-3-1-4-12-21/h1-20H/b15-7+,16-8+,17-9+,18-10+. The maximum Gasteiger partial charge on any atom is 0.0254 e. The van der Waals surface area contributed by atoms with Crippen LogP contribution in [0.3, 0.4) is 0 Å². The van der Waals surface area contributed by atoms with Crippen molar-refractivity contribution in [2.24, 2.45) is 0 Å². The van der Waals surface area contributed by atoms with E-state index in [-0.39, 0.29) is 0 Å². The van der Waals surface area contributed by atoms with Crippen molar-refractivity contribution in [3.05, 3.63) is 128 Å². The van der Waals surface area contributed by atoms with Crippen LogP contribution in [-0.4, -0.2) is 0 Å². The van der Waals surface area contributed by atoms with Crippen LogP contribution in [0.15, 0.2) is 106 Å². The molecule has 3 aromatic carbocycles. The molecule has 138 valence electrons. The number of halogens is 2. The number of benzene rings is 3. The largest absolute Gasteiger partial charge is 0.0622 e. The Labute approximate surface area is 183 Å². The van der Waals surface area contributed by atoms with Gasteiger partial charge in [0.05, 0.1) is 0 Å². The van der Waals surface area contributed by atoms with E-state index in [1.807, 2.05) is 36.4 Å². The molecule has 0 bridgehead atoms. The molecule has 3 aromatic rings. The molecule has 0 saturated heterocycles. The zero-order chi connectivity index (χ0) is 19.6. The molecule has 0 spiro atoms. The van der Waals surface area contributed by atoms with E-state index in [1.54, 1.807) is 0 Å². The fraction of sp³-hybridized carbons (Fsp3) is 0. The fourth-order valence-corrected chi connectivity index (χ4v) is 3.60. The summed E-state index contributed by atoms with van der Waals surface area (Å²) < 4.78 is 2.12. The Balaban J connectivity index is 1.67. The van der Waals surface area contributed by atoms with E-state index < -0.39 is 0 Å². The highest BCUT2D eigenvalue weighted by Gasteiger charge is 2.02. The van der Waals surface area contributed by atoms with Crippen molar-refractivity contribution in [1.29, 1.82) is 0 Å². The first kappa shape index (κ1) is 20.3. The Morgan fingerprint density at radius 3 is 1.21 bits per heavy atom. The minimum atomic E-state index is 1.06. The molecule has 0 aromatic heterocycles. The molecule has 0 aliphatic heterocycles. The molecule has 0 N–H and O–H groups in total. The van der Waals surface area contributed by atoms with Crippen molar-refractivity contribution in [3.63, 3.8) is 0 Å². The van der Waals surface area contributed by atoms with E-state index >= 15 is 0 Å². The molecule has 0 nitrogen and oxygen atoms in total. The highest BCUT2D eigenvalue weighted by molar-refractivity contribution is 9.11. The lowest BCUT2D eigenvalue weighted by atomic mass is 10.1. The molecular weight excluding hydrogens is 472 g/mol. The van der Waals surface area contributed by atoms with Crippen LogP contribution in [0.4, 0.5) is 0 Å². The third kappa shape index (κ3) is 6.33. The van der Waals surface area contributed by atoms with Gasteiger partial charge in [-0.25, -0.2) is 0 Å². The van der Waals surface area contributed by atoms with Gasteiger partial charge in [0.2, 0.25) is 0 Å². The minimum Gasteiger partial charge on any atom is -0.0622 e. The maximum absolute atomic E-state index is 3.68. The van der Waals surface area contributed by atoms with Crippen LogP contribution in [-0.2, 0) is 0 Å². The second-order valence-corrected chi connectivity index (χ2v) is 7.86. The van der Waals surface area contributed by atoms with Gasteiger partial charge in [-0.1, -0.05) is 141 Å². The summed E-state index contributed by atoms with van der Waals surface area (Å²) in [6.45, 7) is 0. The van der Waals surface area contributed by atoms with Crippen LogP contribution in [0.2, 0.25) is 0 Å². The Kier molecular flexibility index (Phi) is 7.83. The van der Waals surface area contributed by atoms with Gasteiger partial charge in [-0.2, -0.15) is 0 Å². The van der Waals surface area contributed by atoms with Gasteiger partial charge in [0, 0.05) is 8.95 Å². The summed E-state index contributed by atoms with van der Waals surface area (Å²) in [6.07, 6.45) is 16.6. The van der Waals surface area contributed by atoms with Crippen LogP contribution in [0.25, 0.3) is 24.3 Å². The predicted molar refractivity (Wildman–Crippen MR) is 131 cm³/mol. The molecule has 0 radical (unpaired) electrons. The summed E-state index contributed by atoms with van der Waals surface area (Å²) in [5, 5.41) is 0. The summed E-state index contributed by atoms with van der Waals surface area (Å²) in [6, 6.07) is 24.8. The molecule has 0 aliphatic carbocycles. The molecule has 2 heteroatoms. The molecule has 0 aliphatic rings. The van der Waals surface area contributed by atoms with Crippen molar-refractivity contribution < 1.29 is 0 Å². The highest BCUT2D eigenvalue weighted by atomic mass is 79.9. The number of hydrogen-bond donors (Lipinski definition) is 0. The molecule has 0 saturated carbocycles. The highest BCUT2D eigenvalue weighted by Crippen LogP contribution is 2.28. The lowest BCUT2D eigenvalue weighted by Crippen LogP contribution is -1.81. The molecule has 0 heterocycles. The van der Waals surface area contributed by atoms with Crippen LogP contribution >= 0.6 is 31.9 Å². The van der Waals surface area contributed by atoms with Gasteiger partial charge < -0.3 is 0 Å². The van der Waals surface area contributed by atoms with Gasteiger partial charge in [-0.3, -0.25) is 0 Å². The van der Waals surface area contributed by atoms with Crippen molar-refractivity contribution in [2.45, 2.75) is 0 Å². The normalized spacial score (nSPS) is 12.1. The lowest BCUT2D eigenvalue weighted by molar-refractivity contribution is 1.53. The monoisotopic (exact) mass is 490 g/mol. The van der Waals surface area contributed by atoms with Crippen molar-refractivity contribution >= 4 is 56.2 Å². The molecule has 3 rings (SSSR count).